The molecular formula is C26H33N3O2. The highest BCUT2D eigenvalue weighted by Crippen LogP contribution is 2.40. The van der Waals surface area contributed by atoms with E-state index in [4.69, 9.17) is 0 Å². The van der Waals surface area contributed by atoms with E-state index in [9.17, 15) is 9.59 Å². The summed E-state index contributed by atoms with van der Waals surface area (Å²) in [7, 11) is 3.68. The maximum absolute atomic E-state index is 13.4. The second-order valence-corrected chi connectivity index (χ2v) is 9.36. The van der Waals surface area contributed by atoms with Crippen molar-refractivity contribution in [2.75, 3.05) is 27.2 Å². The van der Waals surface area contributed by atoms with Crippen LogP contribution in [0.15, 0.2) is 48.8 Å². The average molecular weight is 420 g/mol. The molecule has 1 saturated heterocycles. The number of amides is 2. The van der Waals surface area contributed by atoms with Gasteiger partial charge in [0.2, 0.25) is 11.8 Å². The molecular weight excluding hydrogens is 386 g/mol. The van der Waals surface area contributed by atoms with Gasteiger partial charge in [0.25, 0.3) is 0 Å². The molecule has 5 heteroatoms. The summed E-state index contributed by atoms with van der Waals surface area (Å²) in [6, 6.07) is 12.3. The van der Waals surface area contributed by atoms with E-state index < -0.39 is 5.41 Å². The first-order valence-electron chi connectivity index (χ1n) is 11.5. The van der Waals surface area contributed by atoms with E-state index in [1.807, 2.05) is 43.4 Å². The second kappa shape index (κ2) is 9.21. The number of hydrogen-bond acceptors (Lipinski definition) is 3. The van der Waals surface area contributed by atoms with Gasteiger partial charge >= 0.3 is 0 Å². The van der Waals surface area contributed by atoms with Crippen LogP contribution < -0.4 is 0 Å². The number of rotatable bonds is 5. The van der Waals surface area contributed by atoms with E-state index in [0.717, 1.165) is 24.0 Å². The number of nitrogens with zero attached hydrogens (tertiary/aromatic N) is 3. The van der Waals surface area contributed by atoms with Gasteiger partial charge < -0.3 is 9.80 Å². The molecule has 31 heavy (non-hydrogen) atoms. The molecule has 0 radical (unpaired) electrons. The summed E-state index contributed by atoms with van der Waals surface area (Å²) in [4.78, 5) is 34.4. The number of aromatic nitrogens is 1. The SMILES string of the molecule is CN(C)C(=O)C1(Cc2ccccc2-c2cccnc2)CCN(C(=O)C2CCCC2)CC1. The molecule has 0 atom stereocenters. The first-order valence-corrected chi connectivity index (χ1v) is 11.5. The average Bonchev–Trinajstić information content (AvgIpc) is 3.34. The molecule has 5 nitrogen and oxygen atoms in total. The van der Waals surface area contributed by atoms with Gasteiger partial charge in [-0.25, -0.2) is 0 Å². The zero-order valence-electron chi connectivity index (χ0n) is 18.7. The molecule has 164 valence electrons. The van der Waals surface area contributed by atoms with Crippen molar-refractivity contribution in [3.8, 4) is 11.1 Å². The van der Waals surface area contributed by atoms with E-state index >= 15 is 0 Å². The van der Waals surface area contributed by atoms with Crippen molar-refractivity contribution in [3.05, 3.63) is 54.4 Å². The number of hydrogen-bond donors (Lipinski definition) is 0. The van der Waals surface area contributed by atoms with Crippen molar-refractivity contribution in [2.24, 2.45) is 11.3 Å². The Kier molecular flexibility index (Phi) is 6.40. The predicted molar refractivity (Wildman–Crippen MR) is 122 cm³/mol. The Balaban J connectivity index is 1.58. The van der Waals surface area contributed by atoms with Crippen LogP contribution in [0.5, 0.6) is 0 Å². The summed E-state index contributed by atoms with van der Waals surface area (Å²) in [6.45, 7) is 1.34. The molecule has 0 N–H and O–H groups in total. The Morgan fingerprint density at radius 3 is 2.42 bits per heavy atom. The quantitative estimate of drug-likeness (QED) is 0.731. The van der Waals surface area contributed by atoms with Gasteiger partial charge in [0.1, 0.15) is 0 Å². The van der Waals surface area contributed by atoms with Crippen molar-refractivity contribution >= 4 is 11.8 Å². The van der Waals surface area contributed by atoms with Gasteiger partial charge in [0, 0.05) is 51.1 Å². The molecule has 1 aromatic carbocycles. The fraction of sp³-hybridized carbons (Fsp3) is 0.500. The van der Waals surface area contributed by atoms with Gasteiger partial charge in [-0.1, -0.05) is 43.2 Å². The minimum atomic E-state index is -0.478. The monoisotopic (exact) mass is 419 g/mol. The molecule has 2 heterocycles. The summed E-state index contributed by atoms with van der Waals surface area (Å²) in [5.74, 6) is 0.670. The van der Waals surface area contributed by atoms with Gasteiger partial charge in [0.15, 0.2) is 0 Å². The first-order chi connectivity index (χ1) is 15.0. The zero-order chi connectivity index (χ0) is 21.8. The minimum absolute atomic E-state index is 0.168. The number of benzene rings is 1. The van der Waals surface area contributed by atoms with Gasteiger partial charge in [-0.15, -0.1) is 0 Å². The van der Waals surface area contributed by atoms with Gasteiger partial charge in [0.05, 0.1) is 5.41 Å². The lowest BCUT2D eigenvalue weighted by molar-refractivity contribution is -0.147. The Hall–Kier alpha value is -2.69. The summed E-state index contributed by atoms with van der Waals surface area (Å²) < 4.78 is 0. The Morgan fingerprint density at radius 1 is 1.06 bits per heavy atom. The van der Waals surface area contributed by atoms with Crippen molar-refractivity contribution < 1.29 is 9.59 Å². The van der Waals surface area contributed by atoms with Crippen LogP contribution in [0.4, 0.5) is 0 Å². The molecule has 1 aromatic heterocycles. The van der Waals surface area contributed by atoms with Crippen LogP contribution in [0.25, 0.3) is 11.1 Å². The largest absolute Gasteiger partial charge is 0.348 e. The maximum Gasteiger partial charge on any atom is 0.228 e. The fourth-order valence-electron chi connectivity index (χ4n) is 5.37. The molecule has 2 aromatic rings. The molecule has 0 spiro atoms. The van der Waals surface area contributed by atoms with Crippen molar-refractivity contribution in [2.45, 2.75) is 44.9 Å². The summed E-state index contributed by atoms with van der Waals surface area (Å²) >= 11 is 0. The van der Waals surface area contributed by atoms with Crippen LogP contribution in [-0.2, 0) is 16.0 Å². The van der Waals surface area contributed by atoms with Gasteiger partial charge in [-0.3, -0.25) is 14.6 Å². The number of pyridine rings is 1. The molecule has 2 amide bonds. The molecule has 1 saturated carbocycles. The highest BCUT2D eigenvalue weighted by Gasteiger charge is 2.44. The summed E-state index contributed by atoms with van der Waals surface area (Å²) in [6.07, 6.45) is 10.1. The maximum atomic E-state index is 13.4. The highest BCUT2D eigenvalue weighted by atomic mass is 16.2. The number of carbonyl (C=O) groups excluding carboxylic acids is 2. The van der Waals surface area contributed by atoms with Crippen LogP contribution in [0.1, 0.15) is 44.1 Å². The van der Waals surface area contributed by atoms with Crippen LogP contribution in [-0.4, -0.2) is 53.8 Å². The van der Waals surface area contributed by atoms with Gasteiger partial charge in [-0.05, 0) is 49.3 Å². The van der Waals surface area contributed by atoms with Crippen LogP contribution >= 0.6 is 0 Å². The van der Waals surface area contributed by atoms with E-state index in [0.29, 0.717) is 38.3 Å². The third-order valence-corrected chi connectivity index (χ3v) is 7.12. The van der Waals surface area contributed by atoms with Crippen molar-refractivity contribution in [1.82, 2.24) is 14.8 Å². The first kappa shape index (κ1) is 21.5. The number of piperidine rings is 1. The smallest absolute Gasteiger partial charge is 0.228 e. The second-order valence-electron chi connectivity index (χ2n) is 9.36. The Labute approximate surface area is 185 Å². The van der Waals surface area contributed by atoms with Crippen LogP contribution in [0.3, 0.4) is 0 Å². The van der Waals surface area contributed by atoms with Crippen LogP contribution in [0.2, 0.25) is 0 Å². The molecule has 1 aliphatic heterocycles. The molecule has 2 fully saturated rings. The third-order valence-electron chi connectivity index (χ3n) is 7.12. The standard InChI is InChI=1S/C26H33N3O2/c1-28(2)25(31)26(13-16-29(17-14-26)24(30)20-8-3-4-9-20)18-21-10-5-6-12-23(21)22-11-7-15-27-19-22/h5-7,10-12,15,19-20H,3-4,8-9,13-14,16-18H2,1-2H3. The normalized spacial score (nSPS) is 18.7. The third kappa shape index (κ3) is 4.51. The van der Waals surface area contributed by atoms with E-state index in [2.05, 4.69) is 23.2 Å². The lowest BCUT2D eigenvalue weighted by Crippen LogP contribution is -2.51. The van der Waals surface area contributed by atoms with Crippen LogP contribution in [0, 0.1) is 11.3 Å². The molecule has 1 aliphatic carbocycles. The zero-order valence-corrected chi connectivity index (χ0v) is 18.7. The Bertz CT molecular complexity index is 911. The molecule has 2 aliphatic rings. The fourth-order valence-corrected chi connectivity index (χ4v) is 5.37. The van der Waals surface area contributed by atoms with E-state index in [-0.39, 0.29) is 11.8 Å². The number of carbonyl (C=O) groups is 2. The topological polar surface area (TPSA) is 53.5 Å². The van der Waals surface area contributed by atoms with E-state index in [1.165, 1.54) is 18.4 Å². The molecule has 4 rings (SSSR count). The molecule has 0 unspecified atom stereocenters. The van der Waals surface area contributed by atoms with Crippen molar-refractivity contribution in [3.63, 3.8) is 0 Å². The lowest BCUT2D eigenvalue weighted by atomic mass is 9.71. The lowest BCUT2D eigenvalue weighted by Gasteiger charge is -2.43. The number of likely N-dealkylation sites (tertiary alicyclic amines) is 1. The molecule has 0 bridgehead atoms. The minimum Gasteiger partial charge on any atom is -0.348 e. The van der Waals surface area contributed by atoms with Gasteiger partial charge in [-0.2, -0.15) is 0 Å². The van der Waals surface area contributed by atoms with Crippen molar-refractivity contribution in [1.29, 1.82) is 0 Å². The van der Waals surface area contributed by atoms with E-state index in [1.54, 1.807) is 11.1 Å². The highest BCUT2D eigenvalue weighted by molar-refractivity contribution is 5.84. The summed E-state index contributed by atoms with van der Waals surface area (Å²) in [5.41, 5.74) is 2.89. The summed E-state index contributed by atoms with van der Waals surface area (Å²) in [5, 5.41) is 0. The predicted octanol–water partition coefficient (Wildman–Crippen LogP) is 4.18. The Morgan fingerprint density at radius 2 is 1.77 bits per heavy atom.